The zero-order valence-electron chi connectivity index (χ0n) is 12.3. The van der Waals surface area contributed by atoms with Gasteiger partial charge in [0.1, 0.15) is 0 Å². The number of likely N-dealkylation sites (tertiary alicyclic amines) is 1. The fraction of sp³-hybridized carbons (Fsp3) is 0.500. The molecular weight excluding hydrogens is 266 g/mol. The van der Waals surface area contributed by atoms with Gasteiger partial charge >= 0.3 is 0 Å². The normalized spacial score (nSPS) is 15.6. The molecular formula is C16H23N3O2. The zero-order valence-corrected chi connectivity index (χ0v) is 12.3. The molecule has 5 heteroatoms. The third-order valence-corrected chi connectivity index (χ3v) is 3.74. The Bertz CT molecular complexity index is 502. The van der Waals surface area contributed by atoms with Crippen molar-refractivity contribution in [3.63, 3.8) is 0 Å². The number of carbonyl (C=O) groups excluding carboxylic acids is 2. The number of hydrogen-bond acceptors (Lipinski definition) is 3. The number of rotatable bonds is 5. The van der Waals surface area contributed by atoms with Crippen molar-refractivity contribution in [2.24, 2.45) is 0 Å². The Hall–Kier alpha value is -2.04. The molecule has 0 aromatic heterocycles. The van der Waals surface area contributed by atoms with Crippen molar-refractivity contribution < 1.29 is 9.59 Å². The SMILES string of the molecule is Nc1ccccc1NC(=O)CCCN1CCCCCC1=O. The molecule has 114 valence electrons. The molecule has 1 aromatic rings. The van der Waals surface area contributed by atoms with Gasteiger partial charge in [0.05, 0.1) is 11.4 Å². The maximum Gasteiger partial charge on any atom is 0.224 e. The summed E-state index contributed by atoms with van der Waals surface area (Å²) in [4.78, 5) is 25.6. The van der Waals surface area contributed by atoms with Crippen molar-refractivity contribution in [2.45, 2.75) is 38.5 Å². The average molecular weight is 289 g/mol. The van der Waals surface area contributed by atoms with Crippen molar-refractivity contribution in [3.8, 4) is 0 Å². The molecule has 0 bridgehead atoms. The maximum atomic E-state index is 11.9. The Morgan fingerprint density at radius 3 is 2.86 bits per heavy atom. The van der Waals surface area contributed by atoms with Crippen LogP contribution in [0.3, 0.4) is 0 Å². The van der Waals surface area contributed by atoms with E-state index in [0.29, 0.717) is 37.2 Å². The first-order valence-electron chi connectivity index (χ1n) is 7.59. The zero-order chi connectivity index (χ0) is 15.1. The van der Waals surface area contributed by atoms with Gasteiger partial charge in [-0.25, -0.2) is 0 Å². The standard InChI is InChI=1S/C16H23N3O2/c17-13-7-3-4-8-14(13)18-15(20)9-6-12-19-11-5-1-2-10-16(19)21/h3-4,7-8H,1-2,5-6,9-12,17H2,(H,18,20). The van der Waals surface area contributed by atoms with E-state index >= 15 is 0 Å². The summed E-state index contributed by atoms with van der Waals surface area (Å²) in [7, 11) is 0. The number of nitrogens with two attached hydrogens (primary N) is 1. The Morgan fingerprint density at radius 1 is 1.24 bits per heavy atom. The summed E-state index contributed by atoms with van der Waals surface area (Å²) in [5.41, 5.74) is 6.99. The number of anilines is 2. The second-order valence-corrected chi connectivity index (χ2v) is 5.43. The first kappa shape index (κ1) is 15.4. The number of nitrogens with one attached hydrogen (secondary N) is 1. The van der Waals surface area contributed by atoms with E-state index in [9.17, 15) is 9.59 Å². The van der Waals surface area contributed by atoms with Crippen LogP contribution in [-0.4, -0.2) is 29.8 Å². The van der Waals surface area contributed by atoms with Crippen molar-refractivity contribution in [3.05, 3.63) is 24.3 Å². The van der Waals surface area contributed by atoms with Crippen molar-refractivity contribution in [1.82, 2.24) is 4.90 Å². The van der Waals surface area contributed by atoms with Crippen molar-refractivity contribution in [1.29, 1.82) is 0 Å². The molecule has 1 fully saturated rings. The van der Waals surface area contributed by atoms with Crippen LogP contribution < -0.4 is 11.1 Å². The lowest BCUT2D eigenvalue weighted by atomic mass is 10.2. The van der Waals surface area contributed by atoms with Gasteiger partial charge in [0, 0.05) is 25.9 Å². The number of amides is 2. The molecule has 1 heterocycles. The minimum atomic E-state index is -0.0600. The highest BCUT2D eigenvalue weighted by Gasteiger charge is 2.16. The quantitative estimate of drug-likeness (QED) is 0.817. The van der Waals surface area contributed by atoms with Crippen LogP contribution in [0, 0.1) is 0 Å². The van der Waals surface area contributed by atoms with Gasteiger partial charge in [-0.15, -0.1) is 0 Å². The molecule has 1 saturated heterocycles. The lowest BCUT2D eigenvalue weighted by Gasteiger charge is -2.20. The second-order valence-electron chi connectivity index (χ2n) is 5.43. The minimum absolute atomic E-state index is 0.0600. The first-order valence-corrected chi connectivity index (χ1v) is 7.59. The largest absolute Gasteiger partial charge is 0.397 e. The van der Waals surface area contributed by atoms with Crippen LogP contribution in [0.15, 0.2) is 24.3 Å². The first-order chi connectivity index (χ1) is 10.2. The molecule has 0 saturated carbocycles. The third kappa shape index (κ3) is 4.77. The second kappa shape index (κ2) is 7.67. The Labute approximate surface area is 125 Å². The summed E-state index contributed by atoms with van der Waals surface area (Å²) in [6, 6.07) is 7.20. The van der Waals surface area contributed by atoms with Crippen LogP contribution in [0.1, 0.15) is 38.5 Å². The van der Waals surface area contributed by atoms with Gasteiger partial charge in [-0.1, -0.05) is 18.6 Å². The monoisotopic (exact) mass is 289 g/mol. The molecule has 3 N–H and O–H groups in total. The molecule has 0 aliphatic carbocycles. The van der Waals surface area contributed by atoms with Gasteiger partial charge in [0.25, 0.3) is 0 Å². The lowest BCUT2D eigenvalue weighted by Crippen LogP contribution is -2.31. The third-order valence-electron chi connectivity index (χ3n) is 3.74. The number of hydrogen-bond donors (Lipinski definition) is 2. The van der Waals surface area contributed by atoms with Crippen LogP contribution in [0.2, 0.25) is 0 Å². The van der Waals surface area contributed by atoms with Gasteiger partial charge in [0.2, 0.25) is 11.8 Å². The summed E-state index contributed by atoms with van der Waals surface area (Å²) >= 11 is 0. The Morgan fingerprint density at radius 2 is 2.05 bits per heavy atom. The van der Waals surface area contributed by atoms with E-state index < -0.39 is 0 Å². The summed E-state index contributed by atoms with van der Waals surface area (Å²) < 4.78 is 0. The molecule has 0 radical (unpaired) electrons. The molecule has 21 heavy (non-hydrogen) atoms. The van der Waals surface area contributed by atoms with Crippen LogP contribution in [0.4, 0.5) is 11.4 Å². The number of nitrogen functional groups attached to an aromatic ring is 1. The topological polar surface area (TPSA) is 75.4 Å². The van der Waals surface area contributed by atoms with E-state index in [4.69, 9.17) is 5.73 Å². The van der Waals surface area contributed by atoms with Crippen LogP contribution in [-0.2, 0) is 9.59 Å². The van der Waals surface area contributed by atoms with E-state index in [2.05, 4.69) is 5.32 Å². The van der Waals surface area contributed by atoms with Crippen LogP contribution in [0.25, 0.3) is 0 Å². The van der Waals surface area contributed by atoms with Gasteiger partial charge in [-0.2, -0.15) is 0 Å². The fourth-order valence-corrected chi connectivity index (χ4v) is 2.53. The predicted octanol–water partition coefficient (Wildman–Crippen LogP) is 2.39. The molecule has 0 spiro atoms. The molecule has 1 aromatic carbocycles. The number of para-hydroxylation sites is 2. The van der Waals surface area contributed by atoms with Gasteiger partial charge in [-0.3, -0.25) is 9.59 Å². The molecule has 1 aliphatic rings. The Kier molecular flexibility index (Phi) is 5.60. The maximum absolute atomic E-state index is 11.9. The van der Waals surface area contributed by atoms with E-state index in [1.165, 1.54) is 0 Å². The van der Waals surface area contributed by atoms with Crippen molar-refractivity contribution >= 4 is 23.2 Å². The van der Waals surface area contributed by atoms with Crippen LogP contribution >= 0.6 is 0 Å². The number of carbonyl (C=O) groups is 2. The average Bonchev–Trinajstić information content (AvgIpc) is 2.67. The minimum Gasteiger partial charge on any atom is -0.397 e. The van der Waals surface area contributed by atoms with Crippen molar-refractivity contribution in [2.75, 3.05) is 24.1 Å². The predicted molar refractivity (Wildman–Crippen MR) is 83.8 cm³/mol. The molecule has 0 atom stereocenters. The van der Waals surface area contributed by atoms with Gasteiger partial charge < -0.3 is 16.0 Å². The lowest BCUT2D eigenvalue weighted by molar-refractivity contribution is -0.131. The van der Waals surface area contributed by atoms with E-state index in [-0.39, 0.29) is 11.8 Å². The number of benzene rings is 1. The Balaban J connectivity index is 1.74. The highest BCUT2D eigenvalue weighted by molar-refractivity contribution is 5.93. The summed E-state index contributed by atoms with van der Waals surface area (Å²) in [5, 5.41) is 2.80. The van der Waals surface area contributed by atoms with E-state index in [1.54, 1.807) is 12.1 Å². The molecule has 2 amide bonds. The molecule has 2 rings (SSSR count). The molecule has 5 nitrogen and oxygen atoms in total. The van der Waals surface area contributed by atoms with Crippen LogP contribution in [0.5, 0.6) is 0 Å². The van der Waals surface area contributed by atoms with E-state index in [1.807, 2.05) is 17.0 Å². The van der Waals surface area contributed by atoms with Gasteiger partial charge in [-0.05, 0) is 31.4 Å². The summed E-state index contributed by atoms with van der Waals surface area (Å²) in [5.74, 6) is 0.162. The van der Waals surface area contributed by atoms with Gasteiger partial charge in [0.15, 0.2) is 0 Å². The number of nitrogens with zero attached hydrogens (tertiary/aromatic N) is 1. The molecule has 0 unspecified atom stereocenters. The smallest absolute Gasteiger partial charge is 0.224 e. The summed E-state index contributed by atoms with van der Waals surface area (Å²) in [6.45, 7) is 1.49. The summed E-state index contributed by atoms with van der Waals surface area (Å²) in [6.07, 6.45) is 4.91. The fourth-order valence-electron chi connectivity index (χ4n) is 2.53. The highest BCUT2D eigenvalue weighted by Crippen LogP contribution is 2.17. The highest BCUT2D eigenvalue weighted by atomic mass is 16.2. The van der Waals surface area contributed by atoms with E-state index in [0.717, 1.165) is 25.8 Å². The molecule has 1 aliphatic heterocycles.